The standard InChI is InChI=1S/C14H14F2N6/c15-9-5-11-12(6-10(9)16)19-14(18-11)13-7-22(21-20-13)8-1-3-17-4-2-8/h5-8,17H,1-4H2,(H,18,19). The first kappa shape index (κ1) is 13.3. The second-order valence-corrected chi connectivity index (χ2v) is 5.43. The topological polar surface area (TPSA) is 71.4 Å². The highest BCUT2D eigenvalue weighted by atomic mass is 19.2. The van der Waals surface area contributed by atoms with Gasteiger partial charge in [-0.1, -0.05) is 5.21 Å². The van der Waals surface area contributed by atoms with Crippen LogP contribution in [0.4, 0.5) is 8.78 Å². The average Bonchev–Trinajstić information content (AvgIpc) is 3.15. The molecule has 0 spiro atoms. The Morgan fingerprint density at radius 3 is 2.73 bits per heavy atom. The molecule has 1 aromatic carbocycles. The largest absolute Gasteiger partial charge is 0.336 e. The lowest BCUT2D eigenvalue weighted by molar-refractivity contribution is 0.337. The molecule has 0 unspecified atom stereocenters. The van der Waals surface area contributed by atoms with E-state index in [0.717, 1.165) is 38.1 Å². The lowest BCUT2D eigenvalue weighted by Gasteiger charge is -2.21. The third kappa shape index (κ3) is 2.25. The van der Waals surface area contributed by atoms with Crippen LogP contribution in [0.25, 0.3) is 22.6 Å². The van der Waals surface area contributed by atoms with Gasteiger partial charge < -0.3 is 10.3 Å². The molecule has 6 nitrogen and oxygen atoms in total. The molecule has 3 aromatic rings. The molecule has 1 aliphatic heterocycles. The van der Waals surface area contributed by atoms with E-state index < -0.39 is 11.6 Å². The fourth-order valence-corrected chi connectivity index (χ4v) is 2.76. The first-order valence-electron chi connectivity index (χ1n) is 7.18. The monoisotopic (exact) mass is 304 g/mol. The Balaban J connectivity index is 1.68. The summed E-state index contributed by atoms with van der Waals surface area (Å²) in [4.78, 5) is 7.20. The molecule has 0 atom stereocenters. The fourth-order valence-electron chi connectivity index (χ4n) is 2.76. The van der Waals surface area contributed by atoms with Crippen molar-refractivity contribution in [2.45, 2.75) is 18.9 Å². The van der Waals surface area contributed by atoms with E-state index in [0.29, 0.717) is 28.6 Å². The van der Waals surface area contributed by atoms with Crippen molar-refractivity contribution in [3.63, 3.8) is 0 Å². The summed E-state index contributed by atoms with van der Waals surface area (Å²) in [6, 6.07) is 2.49. The Hall–Kier alpha value is -2.35. The third-order valence-electron chi connectivity index (χ3n) is 3.96. The van der Waals surface area contributed by atoms with Crippen LogP contribution in [-0.2, 0) is 0 Å². The second-order valence-electron chi connectivity index (χ2n) is 5.43. The normalized spacial score (nSPS) is 16.5. The number of hydrogen-bond donors (Lipinski definition) is 2. The van der Waals surface area contributed by atoms with E-state index in [-0.39, 0.29) is 0 Å². The summed E-state index contributed by atoms with van der Waals surface area (Å²) in [6.45, 7) is 1.92. The summed E-state index contributed by atoms with van der Waals surface area (Å²) in [5.74, 6) is -1.36. The number of imidazole rings is 1. The minimum absolute atomic E-state index is 0.321. The molecule has 2 aromatic heterocycles. The van der Waals surface area contributed by atoms with Crippen LogP contribution in [0.1, 0.15) is 18.9 Å². The molecule has 0 radical (unpaired) electrons. The molecular weight excluding hydrogens is 290 g/mol. The van der Waals surface area contributed by atoms with Crippen molar-refractivity contribution in [1.82, 2.24) is 30.3 Å². The summed E-state index contributed by atoms with van der Waals surface area (Å²) in [7, 11) is 0. The zero-order valence-electron chi connectivity index (χ0n) is 11.7. The van der Waals surface area contributed by atoms with Gasteiger partial charge in [0.15, 0.2) is 17.5 Å². The highest BCUT2D eigenvalue weighted by Crippen LogP contribution is 2.23. The molecule has 4 rings (SSSR count). The molecular formula is C14H14F2N6. The van der Waals surface area contributed by atoms with E-state index in [2.05, 4.69) is 25.6 Å². The lowest BCUT2D eigenvalue weighted by atomic mass is 10.1. The summed E-state index contributed by atoms with van der Waals surface area (Å²) in [5.41, 5.74) is 1.37. The van der Waals surface area contributed by atoms with E-state index >= 15 is 0 Å². The van der Waals surface area contributed by atoms with Gasteiger partial charge in [0.1, 0.15) is 5.69 Å². The van der Waals surface area contributed by atoms with Crippen molar-refractivity contribution in [3.05, 3.63) is 30.0 Å². The van der Waals surface area contributed by atoms with Crippen LogP contribution in [-0.4, -0.2) is 38.1 Å². The molecule has 22 heavy (non-hydrogen) atoms. The number of benzene rings is 1. The number of aromatic amines is 1. The van der Waals surface area contributed by atoms with E-state index in [1.165, 1.54) is 0 Å². The van der Waals surface area contributed by atoms with Gasteiger partial charge in [-0.25, -0.2) is 18.4 Å². The van der Waals surface area contributed by atoms with E-state index in [1.807, 2.05) is 10.9 Å². The summed E-state index contributed by atoms with van der Waals surface area (Å²) < 4.78 is 28.3. The van der Waals surface area contributed by atoms with Crippen molar-refractivity contribution in [2.75, 3.05) is 13.1 Å². The molecule has 1 fully saturated rings. The number of nitrogens with zero attached hydrogens (tertiary/aromatic N) is 4. The van der Waals surface area contributed by atoms with Crippen LogP contribution in [0.2, 0.25) is 0 Å². The predicted molar refractivity (Wildman–Crippen MR) is 76.2 cm³/mol. The number of hydrogen-bond acceptors (Lipinski definition) is 4. The lowest BCUT2D eigenvalue weighted by Crippen LogP contribution is -2.29. The van der Waals surface area contributed by atoms with Crippen LogP contribution in [0.5, 0.6) is 0 Å². The maximum atomic E-state index is 13.2. The molecule has 0 aliphatic carbocycles. The predicted octanol–water partition coefficient (Wildman–Crippen LogP) is 2.02. The average molecular weight is 304 g/mol. The van der Waals surface area contributed by atoms with Gasteiger partial charge in [-0.15, -0.1) is 5.10 Å². The SMILES string of the molecule is Fc1cc2nc(-c3cn(C4CCNCC4)nn3)[nH]c2cc1F. The summed E-state index contributed by atoms with van der Waals surface area (Å²) >= 11 is 0. The molecule has 0 saturated carbocycles. The summed E-state index contributed by atoms with van der Waals surface area (Å²) in [5, 5.41) is 11.6. The second kappa shape index (κ2) is 5.13. The number of rotatable bonds is 2. The Morgan fingerprint density at radius 2 is 1.91 bits per heavy atom. The van der Waals surface area contributed by atoms with Crippen molar-refractivity contribution in [1.29, 1.82) is 0 Å². The van der Waals surface area contributed by atoms with Crippen molar-refractivity contribution in [3.8, 4) is 11.5 Å². The van der Waals surface area contributed by atoms with Crippen LogP contribution in [0, 0.1) is 11.6 Å². The highest BCUT2D eigenvalue weighted by Gasteiger charge is 2.18. The number of piperidine rings is 1. The maximum absolute atomic E-state index is 13.2. The fraction of sp³-hybridized carbons (Fsp3) is 0.357. The number of nitrogens with one attached hydrogen (secondary N) is 2. The number of fused-ring (bicyclic) bond motifs is 1. The van der Waals surface area contributed by atoms with E-state index in [9.17, 15) is 8.78 Å². The van der Waals surface area contributed by atoms with Crippen molar-refractivity contribution >= 4 is 11.0 Å². The molecule has 1 aliphatic rings. The minimum Gasteiger partial charge on any atom is -0.336 e. The Bertz CT molecular complexity index is 779. The Kier molecular flexibility index (Phi) is 3.11. The van der Waals surface area contributed by atoms with Crippen LogP contribution < -0.4 is 5.32 Å². The molecule has 0 bridgehead atoms. The van der Waals surface area contributed by atoms with Gasteiger partial charge in [-0.2, -0.15) is 0 Å². The molecule has 3 heterocycles. The quantitative estimate of drug-likeness (QED) is 0.760. The number of aromatic nitrogens is 5. The van der Waals surface area contributed by atoms with Gasteiger partial charge in [0.2, 0.25) is 0 Å². The van der Waals surface area contributed by atoms with E-state index in [4.69, 9.17) is 0 Å². The number of H-pyrrole nitrogens is 1. The Morgan fingerprint density at radius 1 is 1.14 bits per heavy atom. The smallest absolute Gasteiger partial charge is 0.161 e. The van der Waals surface area contributed by atoms with Gasteiger partial charge in [-0.05, 0) is 25.9 Å². The van der Waals surface area contributed by atoms with Gasteiger partial charge in [-0.3, -0.25) is 0 Å². The molecule has 2 N–H and O–H groups in total. The van der Waals surface area contributed by atoms with Crippen molar-refractivity contribution < 1.29 is 8.78 Å². The van der Waals surface area contributed by atoms with Crippen LogP contribution in [0.3, 0.4) is 0 Å². The molecule has 1 saturated heterocycles. The van der Waals surface area contributed by atoms with Gasteiger partial charge in [0.25, 0.3) is 0 Å². The van der Waals surface area contributed by atoms with Gasteiger partial charge in [0, 0.05) is 12.1 Å². The molecule has 114 valence electrons. The third-order valence-corrected chi connectivity index (χ3v) is 3.96. The van der Waals surface area contributed by atoms with Crippen molar-refractivity contribution in [2.24, 2.45) is 0 Å². The highest BCUT2D eigenvalue weighted by molar-refractivity contribution is 5.78. The zero-order chi connectivity index (χ0) is 15.1. The maximum Gasteiger partial charge on any atom is 0.161 e. The van der Waals surface area contributed by atoms with Crippen LogP contribution in [0.15, 0.2) is 18.3 Å². The van der Waals surface area contributed by atoms with Gasteiger partial charge in [0.05, 0.1) is 23.3 Å². The number of halogens is 2. The Labute approximate surface area is 124 Å². The zero-order valence-corrected chi connectivity index (χ0v) is 11.7. The minimum atomic E-state index is -0.913. The molecule has 8 heteroatoms. The first-order chi connectivity index (χ1) is 10.7. The summed E-state index contributed by atoms with van der Waals surface area (Å²) in [6.07, 6.45) is 3.82. The van der Waals surface area contributed by atoms with Crippen LogP contribution >= 0.6 is 0 Å². The molecule has 0 amide bonds. The van der Waals surface area contributed by atoms with E-state index in [1.54, 1.807) is 0 Å². The first-order valence-corrected chi connectivity index (χ1v) is 7.18. The van der Waals surface area contributed by atoms with Gasteiger partial charge >= 0.3 is 0 Å².